The number of nitrogens with zero attached hydrogens (tertiary/aromatic N) is 5. The van der Waals surface area contributed by atoms with Crippen molar-refractivity contribution in [2.24, 2.45) is 0 Å². The number of likely N-dealkylation sites (tertiary alicyclic amines) is 1. The summed E-state index contributed by atoms with van der Waals surface area (Å²) in [4.78, 5) is 26.6. The molecule has 0 bridgehead atoms. The normalized spacial score (nSPS) is 16.9. The minimum absolute atomic E-state index is 0.0208. The lowest BCUT2D eigenvalue weighted by molar-refractivity contribution is 0.0881. The molecular formula is C15H20N6O2. The van der Waals surface area contributed by atoms with Gasteiger partial charge in [0.25, 0.3) is 0 Å². The average molecular weight is 316 g/mol. The summed E-state index contributed by atoms with van der Waals surface area (Å²) in [5.41, 5.74) is 0.469. The van der Waals surface area contributed by atoms with E-state index in [1.54, 1.807) is 6.20 Å². The van der Waals surface area contributed by atoms with E-state index in [2.05, 4.69) is 30.3 Å². The van der Waals surface area contributed by atoms with Crippen LogP contribution in [-0.2, 0) is 0 Å². The minimum Gasteiger partial charge on any atom is -0.344 e. The molecule has 2 aromatic rings. The highest BCUT2D eigenvalue weighted by molar-refractivity contribution is 5.90. The zero-order valence-electron chi connectivity index (χ0n) is 13.1. The van der Waals surface area contributed by atoms with E-state index < -0.39 is 0 Å². The van der Waals surface area contributed by atoms with Gasteiger partial charge in [0.05, 0.1) is 6.20 Å². The van der Waals surface area contributed by atoms with Gasteiger partial charge in [0.2, 0.25) is 5.82 Å². The molecule has 1 amide bonds. The van der Waals surface area contributed by atoms with E-state index in [1.807, 2.05) is 6.92 Å². The van der Waals surface area contributed by atoms with E-state index in [4.69, 9.17) is 4.52 Å². The lowest BCUT2D eigenvalue weighted by atomic mass is 10.1. The van der Waals surface area contributed by atoms with Crippen molar-refractivity contribution in [3.05, 3.63) is 24.5 Å². The predicted octanol–water partition coefficient (Wildman–Crippen LogP) is 1.13. The first-order valence-corrected chi connectivity index (χ1v) is 7.85. The molecule has 3 heterocycles. The zero-order valence-corrected chi connectivity index (χ0v) is 13.1. The molecule has 8 heteroatoms. The first-order chi connectivity index (χ1) is 11.2. The van der Waals surface area contributed by atoms with Gasteiger partial charge in [-0.3, -0.25) is 9.78 Å². The summed E-state index contributed by atoms with van der Waals surface area (Å²) in [5.74, 6) is -0.166. The summed E-state index contributed by atoms with van der Waals surface area (Å²) in [5, 5.41) is 6.67. The predicted molar refractivity (Wildman–Crippen MR) is 82.5 cm³/mol. The second-order valence-electron chi connectivity index (χ2n) is 5.75. The maximum absolute atomic E-state index is 12.2. The molecule has 0 saturated carbocycles. The molecule has 8 nitrogen and oxygen atoms in total. The summed E-state index contributed by atoms with van der Waals surface area (Å²) >= 11 is 0. The number of hydrogen-bond acceptors (Lipinski definition) is 7. The molecular weight excluding hydrogens is 296 g/mol. The van der Waals surface area contributed by atoms with Crippen LogP contribution in [0.2, 0.25) is 0 Å². The van der Waals surface area contributed by atoms with Crippen molar-refractivity contribution in [2.75, 3.05) is 19.6 Å². The van der Waals surface area contributed by atoms with E-state index >= 15 is 0 Å². The van der Waals surface area contributed by atoms with Gasteiger partial charge in [-0.15, -0.1) is 0 Å². The van der Waals surface area contributed by atoms with E-state index in [0.29, 0.717) is 5.69 Å². The third-order valence-corrected chi connectivity index (χ3v) is 3.77. The standard InChI is InChI=1S/C15H20N6O2/c1-11(10-21-7-3-2-4-8-21)18-14(22)15-19-13(20-23-15)12-9-16-5-6-17-12/h5-6,9,11H,2-4,7-8,10H2,1H3,(H,18,22)/t11-/m1/s1. The average Bonchev–Trinajstić information content (AvgIpc) is 3.06. The van der Waals surface area contributed by atoms with Crippen molar-refractivity contribution in [1.82, 2.24) is 30.3 Å². The van der Waals surface area contributed by atoms with Crippen LogP contribution in [0.3, 0.4) is 0 Å². The molecule has 1 fully saturated rings. The van der Waals surface area contributed by atoms with Crippen LogP contribution in [0.15, 0.2) is 23.1 Å². The van der Waals surface area contributed by atoms with Crippen LogP contribution in [0.4, 0.5) is 0 Å². The number of carbonyl (C=O) groups is 1. The number of carbonyl (C=O) groups excluding carboxylic acids is 1. The largest absolute Gasteiger partial charge is 0.344 e. The lowest BCUT2D eigenvalue weighted by Crippen LogP contribution is -2.43. The number of amides is 1. The van der Waals surface area contributed by atoms with E-state index in [0.717, 1.165) is 19.6 Å². The van der Waals surface area contributed by atoms with Crippen LogP contribution >= 0.6 is 0 Å². The Bertz CT molecular complexity index is 638. The second-order valence-corrected chi connectivity index (χ2v) is 5.75. The molecule has 1 aliphatic rings. The Morgan fingerprint density at radius 3 is 2.91 bits per heavy atom. The van der Waals surface area contributed by atoms with Gasteiger partial charge in [0.1, 0.15) is 5.69 Å². The quantitative estimate of drug-likeness (QED) is 0.883. The third kappa shape index (κ3) is 4.10. The second kappa shape index (κ2) is 7.28. The van der Waals surface area contributed by atoms with Crippen molar-refractivity contribution in [2.45, 2.75) is 32.2 Å². The number of hydrogen-bond donors (Lipinski definition) is 1. The Kier molecular flexibility index (Phi) is 4.92. The van der Waals surface area contributed by atoms with Crippen molar-refractivity contribution in [1.29, 1.82) is 0 Å². The van der Waals surface area contributed by atoms with Crippen LogP contribution < -0.4 is 5.32 Å². The van der Waals surface area contributed by atoms with Gasteiger partial charge in [-0.1, -0.05) is 11.6 Å². The smallest absolute Gasteiger partial charge is 0.316 e. The van der Waals surface area contributed by atoms with Crippen molar-refractivity contribution in [3.63, 3.8) is 0 Å². The molecule has 1 saturated heterocycles. The van der Waals surface area contributed by atoms with Crippen molar-refractivity contribution in [3.8, 4) is 11.5 Å². The highest BCUT2D eigenvalue weighted by atomic mass is 16.5. The Morgan fingerprint density at radius 1 is 1.35 bits per heavy atom. The van der Waals surface area contributed by atoms with Gasteiger partial charge in [0.15, 0.2) is 0 Å². The monoisotopic (exact) mass is 316 g/mol. The molecule has 122 valence electrons. The summed E-state index contributed by atoms with van der Waals surface area (Å²) in [6.07, 6.45) is 8.36. The van der Waals surface area contributed by atoms with Gasteiger partial charge < -0.3 is 14.7 Å². The highest BCUT2D eigenvalue weighted by Crippen LogP contribution is 2.11. The molecule has 0 aromatic carbocycles. The lowest BCUT2D eigenvalue weighted by Gasteiger charge is -2.29. The first-order valence-electron chi connectivity index (χ1n) is 7.85. The van der Waals surface area contributed by atoms with Gasteiger partial charge in [-0.2, -0.15) is 4.98 Å². The van der Waals surface area contributed by atoms with Crippen molar-refractivity contribution >= 4 is 5.91 Å². The van der Waals surface area contributed by atoms with E-state index in [-0.39, 0.29) is 23.7 Å². The summed E-state index contributed by atoms with van der Waals surface area (Å²) in [6.45, 7) is 5.00. The van der Waals surface area contributed by atoms with E-state index in [9.17, 15) is 4.79 Å². The fourth-order valence-electron chi connectivity index (χ4n) is 2.69. The molecule has 0 unspecified atom stereocenters. The molecule has 1 aliphatic heterocycles. The topological polar surface area (TPSA) is 97.0 Å². The summed E-state index contributed by atoms with van der Waals surface area (Å²) in [7, 11) is 0. The first kappa shape index (κ1) is 15.5. The Labute approximate surface area is 134 Å². The fourth-order valence-corrected chi connectivity index (χ4v) is 2.69. The number of rotatable bonds is 5. The molecule has 2 aromatic heterocycles. The molecule has 3 rings (SSSR count). The molecule has 23 heavy (non-hydrogen) atoms. The molecule has 0 aliphatic carbocycles. The molecule has 1 N–H and O–H groups in total. The van der Waals surface area contributed by atoms with Gasteiger partial charge in [-0.25, -0.2) is 4.98 Å². The Morgan fingerprint density at radius 2 is 2.17 bits per heavy atom. The molecule has 0 spiro atoms. The van der Waals surface area contributed by atoms with Gasteiger partial charge in [0, 0.05) is 25.0 Å². The highest BCUT2D eigenvalue weighted by Gasteiger charge is 2.20. The maximum atomic E-state index is 12.2. The maximum Gasteiger partial charge on any atom is 0.316 e. The SMILES string of the molecule is C[C@H](CN1CCCCC1)NC(=O)c1nc(-c2cnccn2)no1. The zero-order chi connectivity index (χ0) is 16.1. The molecule has 1 atom stereocenters. The van der Waals surface area contributed by atoms with Crippen LogP contribution in [0.1, 0.15) is 36.9 Å². The third-order valence-electron chi connectivity index (χ3n) is 3.77. The Hall–Kier alpha value is -2.35. The summed E-state index contributed by atoms with van der Waals surface area (Å²) < 4.78 is 5.02. The van der Waals surface area contributed by atoms with Gasteiger partial charge in [-0.05, 0) is 32.9 Å². The van der Waals surface area contributed by atoms with Gasteiger partial charge >= 0.3 is 11.8 Å². The fraction of sp³-hybridized carbons (Fsp3) is 0.533. The van der Waals surface area contributed by atoms with E-state index in [1.165, 1.54) is 31.7 Å². The number of nitrogens with one attached hydrogen (secondary N) is 1. The van der Waals surface area contributed by atoms with Crippen LogP contribution in [0.5, 0.6) is 0 Å². The van der Waals surface area contributed by atoms with Crippen LogP contribution in [-0.4, -0.2) is 56.6 Å². The number of piperidine rings is 1. The number of aromatic nitrogens is 4. The minimum atomic E-state index is -0.364. The summed E-state index contributed by atoms with van der Waals surface area (Å²) in [6, 6.07) is 0.0208. The van der Waals surface area contributed by atoms with Crippen LogP contribution in [0, 0.1) is 0 Å². The van der Waals surface area contributed by atoms with Crippen LogP contribution in [0.25, 0.3) is 11.5 Å². The van der Waals surface area contributed by atoms with Crippen molar-refractivity contribution < 1.29 is 9.32 Å². The Balaban J connectivity index is 1.56. The molecule has 0 radical (unpaired) electrons.